The SMILES string of the molecule is N#C/C(=C(/O)c1cccnc1Cl)c1nc2cc(C(F)(F)F)ccc2s1. The van der Waals surface area contributed by atoms with Crippen molar-refractivity contribution in [1.82, 2.24) is 9.97 Å². The molecule has 0 aliphatic heterocycles. The van der Waals surface area contributed by atoms with E-state index in [9.17, 15) is 23.5 Å². The minimum atomic E-state index is -4.49. The number of aromatic nitrogens is 2. The number of alkyl halides is 3. The van der Waals surface area contributed by atoms with Gasteiger partial charge in [-0.1, -0.05) is 11.6 Å². The average molecular weight is 382 g/mol. The first-order chi connectivity index (χ1) is 11.8. The Bertz CT molecular complexity index is 1040. The second kappa shape index (κ2) is 6.35. The molecule has 0 bridgehead atoms. The first kappa shape index (κ1) is 17.2. The van der Waals surface area contributed by atoms with Crippen LogP contribution in [0.25, 0.3) is 21.5 Å². The number of aliphatic hydroxyl groups is 1. The zero-order chi connectivity index (χ0) is 18.2. The standard InChI is InChI=1S/C16H7ClF3N3OS/c17-14-9(2-1-5-22-14)13(24)10(7-21)15-23-11-6-8(16(18,19)20)3-4-12(11)25-15/h1-6,24H/b13-10-. The van der Waals surface area contributed by atoms with E-state index in [-0.39, 0.29) is 26.8 Å². The van der Waals surface area contributed by atoms with Crippen molar-refractivity contribution in [3.63, 3.8) is 0 Å². The number of allylic oxidation sites excluding steroid dienone is 1. The highest BCUT2D eigenvalue weighted by Crippen LogP contribution is 2.36. The van der Waals surface area contributed by atoms with E-state index >= 15 is 0 Å². The van der Waals surface area contributed by atoms with Crippen LogP contribution in [-0.2, 0) is 6.18 Å². The molecule has 0 unspecified atom stereocenters. The number of pyridine rings is 1. The summed E-state index contributed by atoms with van der Waals surface area (Å²) in [6.45, 7) is 0. The van der Waals surface area contributed by atoms with Gasteiger partial charge in [0.15, 0.2) is 0 Å². The van der Waals surface area contributed by atoms with Crippen LogP contribution in [-0.4, -0.2) is 15.1 Å². The molecule has 2 aromatic heterocycles. The number of nitrogens with zero attached hydrogens (tertiary/aromatic N) is 3. The van der Waals surface area contributed by atoms with E-state index in [0.717, 1.165) is 23.5 Å². The maximum atomic E-state index is 12.8. The molecule has 4 nitrogen and oxygen atoms in total. The topological polar surface area (TPSA) is 69.8 Å². The molecule has 0 amide bonds. The zero-order valence-electron chi connectivity index (χ0n) is 12.2. The molecule has 9 heteroatoms. The molecule has 1 aromatic carbocycles. The molecule has 1 N–H and O–H groups in total. The summed E-state index contributed by atoms with van der Waals surface area (Å²) in [4.78, 5) is 7.86. The molecule has 0 saturated carbocycles. The van der Waals surface area contributed by atoms with Crippen molar-refractivity contribution in [3.05, 3.63) is 57.8 Å². The van der Waals surface area contributed by atoms with Crippen LogP contribution in [0.3, 0.4) is 0 Å². The van der Waals surface area contributed by atoms with Crippen LogP contribution >= 0.6 is 22.9 Å². The lowest BCUT2D eigenvalue weighted by atomic mass is 10.1. The molecule has 3 rings (SSSR count). The van der Waals surface area contributed by atoms with E-state index in [1.54, 1.807) is 0 Å². The second-order valence-electron chi connectivity index (χ2n) is 4.88. The first-order valence-corrected chi connectivity index (χ1v) is 7.93. The molecule has 25 heavy (non-hydrogen) atoms. The average Bonchev–Trinajstić information content (AvgIpc) is 2.97. The van der Waals surface area contributed by atoms with Crippen molar-refractivity contribution in [3.8, 4) is 6.07 Å². The Morgan fingerprint density at radius 3 is 2.68 bits per heavy atom. The Labute approximate surface area is 148 Å². The molecule has 0 saturated heterocycles. The highest BCUT2D eigenvalue weighted by molar-refractivity contribution is 7.19. The van der Waals surface area contributed by atoms with E-state index in [4.69, 9.17) is 11.6 Å². The van der Waals surface area contributed by atoms with Crippen molar-refractivity contribution in [2.75, 3.05) is 0 Å². The van der Waals surface area contributed by atoms with Gasteiger partial charge in [-0.2, -0.15) is 18.4 Å². The van der Waals surface area contributed by atoms with Gasteiger partial charge in [-0.05, 0) is 30.3 Å². The molecule has 0 aliphatic rings. The third-order valence-electron chi connectivity index (χ3n) is 3.29. The van der Waals surface area contributed by atoms with Gasteiger partial charge in [0, 0.05) is 6.20 Å². The maximum Gasteiger partial charge on any atom is 0.416 e. The highest BCUT2D eigenvalue weighted by Gasteiger charge is 2.31. The normalized spacial score (nSPS) is 12.8. The fourth-order valence-corrected chi connectivity index (χ4v) is 3.26. The summed E-state index contributed by atoms with van der Waals surface area (Å²) in [6.07, 6.45) is -3.07. The molecule has 126 valence electrons. The number of thiazole rings is 1. The van der Waals surface area contributed by atoms with Crippen molar-refractivity contribution >= 4 is 44.5 Å². The highest BCUT2D eigenvalue weighted by atomic mass is 35.5. The van der Waals surface area contributed by atoms with Gasteiger partial charge in [-0.25, -0.2) is 9.97 Å². The number of hydrogen-bond donors (Lipinski definition) is 1. The van der Waals surface area contributed by atoms with Crippen LogP contribution in [0.1, 0.15) is 16.1 Å². The van der Waals surface area contributed by atoms with Gasteiger partial charge in [-0.15, -0.1) is 11.3 Å². The van der Waals surface area contributed by atoms with Gasteiger partial charge in [0.05, 0.1) is 21.3 Å². The fraction of sp³-hybridized carbons (Fsp3) is 0.0625. The largest absolute Gasteiger partial charge is 0.506 e. The van der Waals surface area contributed by atoms with E-state index in [1.165, 1.54) is 24.4 Å². The monoisotopic (exact) mass is 381 g/mol. The Hall–Kier alpha value is -2.63. The number of fused-ring (bicyclic) bond motifs is 1. The van der Waals surface area contributed by atoms with Gasteiger partial charge in [-0.3, -0.25) is 0 Å². The van der Waals surface area contributed by atoms with Crippen LogP contribution in [0.15, 0.2) is 36.5 Å². The molecular formula is C16H7ClF3N3OS. The number of halogens is 4. The van der Waals surface area contributed by atoms with Gasteiger partial charge < -0.3 is 5.11 Å². The molecule has 0 spiro atoms. The van der Waals surface area contributed by atoms with Crippen molar-refractivity contribution in [2.45, 2.75) is 6.18 Å². The molecule has 0 aliphatic carbocycles. The lowest BCUT2D eigenvalue weighted by Gasteiger charge is -2.04. The second-order valence-corrected chi connectivity index (χ2v) is 6.27. The van der Waals surface area contributed by atoms with Crippen LogP contribution in [0.4, 0.5) is 13.2 Å². The lowest BCUT2D eigenvalue weighted by Crippen LogP contribution is -2.03. The smallest absolute Gasteiger partial charge is 0.416 e. The quantitative estimate of drug-likeness (QED) is 0.371. The summed E-state index contributed by atoms with van der Waals surface area (Å²) in [5.41, 5.74) is -0.799. The fourth-order valence-electron chi connectivity index (χ4n) is 2.11. The molecule has 2 heterocycles. The van der Waals surface area contributed by atoms with E-state index < -0.39 is 17.5 Å². The summed E-state index contributed by atoms with van der Waals surface area (Å²) in [7, 11) is 0. The van der Waals surface area contributed by atoms with Gasteiger partial charge >= 0.3 is 6.18 Å². The van der Waals surface area contributed by atoms with Crippen molar-refractivity contribution < 1.29 is 18.3 Å². The maximum absolute atomic E-state index is 12.8. The van der Waals surface area contributed by atoms with E-state index in [0.29, 0.717) is 4.70 Å². The third-order valence-corrected chi connectivity index (χ3v) is 4.65. The Morgan fingerprint density at radius 2 is 2.04 bits per heavy atom. The first-order valence-electron chi connectivity index (χ1n) is 6.73. The summed E-state index contributed by atoms with van der Waals surface area (Å²) >= 11 is 6.90. The summed E-state index contributed by atoms with van der Waals surface area (Å²) in [5, 5.41) is 19.8. The molecule has 0 fully saturated rings. The molecular weight excluding hydrogens is 375 g/mol. The summed E-state index contributed by atoms with van der Waals surface area (Å²) in [5.74, 6) is -0.435. The van der Waals surface area contributed by atoms with Crippen molar-refractivity contribution in [1.29, 1.82) is 5.26 Å². The summed E-state index contributed by atoms with van der Waals surface area (Å²) < 4.78 is 38.8. The van der Waals surface area contributed by atoms with Gasteiger partial charge in [0.25, 0.3) is 0 Å². The van der Waals surface area contributed by atoms with Crippen LogP contribution in [0, 0.1) is 11.3 Å². The van der Waals surface area contributed by atoms with Crippen LogP contribution in [0.2, 0.25) is 5.15 Å². The molecule has 0 radical (unpaired) electrons. The Morgan fingerprint density at radius 1 is 1.28 bits per heavy atom. The summed E-state index contributed by atoms with van der Waals surface area (Å²) in [6, 6.07) is 7.94. The Balaban J connectivity index is 2.15. The van der Waals surface area contributed by atoms with Crippen molar-refractivity contribution in [2.24, 2.45) is 0 Å². The lowest BCUT2D eigenvalue weighted by molar-refractivity contribution is -0.137. The van der Waals surface area contributed by atoms with Crippen LogP contribution in [0.5, 0.6) is 0 Å². The molecule has 3 aromatic rings. The number of rotatable bonds is 2. The van der Waals surface area contributed by atoms with E-state index in [1.807, 2.05) is 6.07 Å². The molecule has 0 atom stereocenters. The third kappa shape index (κ3) is 3.29. The predicted octanol–water partition coefficient (Wildman–Crippen LogP) is 5.31. The number of benzene rings is 1. The van der Waals surface area contributed by atoms with Gasteiger partial charge in [0.2, 0.25) is 0 Å². The number of nitriles is 1. The van der Waals surface area contributed by atoms with Crippen LogP contribution < -0.4 is 0 Å². The Kier molecular flexibility index (Phi) is 4.37. The number of aliphatic hydroxyl groups excluding tert-OH is 1. The minimum absolute atomic E-state index is 0.00628. The van der Waals surface area contributed by atoms with E-state index in [2.05, 4.69) is 9.97 Å². The number of hydrogen-bond acceptors (Lipinski definition) is 5. The minimum Gasteiger partial charge on any atom is -0.506 e. The zero-order valence-corrected chi connectivity index (χ0v) is 13.7. The predicted molar refractivity (Wildman–Crippen MR) is 88.9 cm³/mol. The van der Waals surface area contributed by atoms with Gasteiger partial charge in [0.1, 0.15) is 27.6 Å².